The van der Waals surface area contributed by atoms with Crippen molar-refractivity contribution in [1.82, 2.24) is 9.62 Å². The van der Waals surface area contributed by atoms with Crippen LogP contribution in [0, 0.1) is 5.92 Å². The zero-order valence-corrected chi connectivity index (χ0v) is 25.9. The first-order valence-corrected chi connectivity index (χ1v) is 16.0. The minimum absolute atomic E-state index is 0.0506. The molecule has 3 aromatic rings. The van der Waals surface area contributed by atoms with Crippen LogP contribution >= 0.6 is 0 Å². The molecule has 1 aliphatic carbocycles. The van der Waals surface area contributed by atoms with Crippen molar-refractivity contribution in [3.63, 3.8) is 0 Å². The van der Waals surface area contributed by atoms with E-state index in [1.807, 2.05) is 26.0 Å². The van der Waals surface area contributed by atoms with Gasteiger partial charge in [-0.25, -0.2) is 8.42 Å². The summed E-state index contributed by atoms with van der Waals surface area (Å²) in [6.45, 7) is 3.86. The Hall–Kier alpha value is -3.25. The van der Waals surface area contributed by atoms with E-state index in [1.54, 1.807) is 12.1 Å². The number of halogens is 3. The molecule has 0 spiro atoms. The Kier molecular flexibility index (Phi) is 10.2. The standard InChI is InChI=1S/C33H39F3N2O5S/c1-32(2,19-23-14-25-6-4-5-7-26(25)15-23)37-20-29(39)21-38(3)44(42,43)30-17-27(16-28(18-30)33(34,35)36)24-11-8-22(9-12-24)10-13-31(40)41/h4-9,11-12,16-18,23,29,37,39H,10,13-15,19-21H2,1-3H3,(H,40,41)/t29-/m1/s1. The number of aliphatic hydroxyl groups excluding tert-OH is 1. The summed E-state index contributed by atoms with van der Waals surface area (Å²) in [7, 11) is -3.16. The molecule has 0 unspecified atom stereocenters. The number of carboxylic acids is 1. The lowest BCUT2D eigenvalue weighted by molar-refractivity contribution is -0.138. The van der Waals surface area contributed by atoms with Gasteiger partial charge in [-0.15, -0.1) is 0 Å². The number of hydrogen-bond donors (Lipinski definition) is 3. The Bertz CT molecular complexity index is 1550. The lowest BCUT2D eigenvalue weighted by Crippen LogP contribution is -2.47. The van der Waals surface area contributed by atoms with Crippen molar-refractivity contribution < 1.29 is 36.6 Å². The molecule has 4 rings (SSSR count). The molecule has 1 atom stereocenters. The summed E-state index contributed by atoms with van der Waals surface area (Å²) in [4.78, 5) is 10.3. The smallest absolute Gasteiger partial charge is 0.416 e. The second-order valence-corrected chi connectivity index (χ2v) is 14.3. The predicted molar refractivity (Wildman–Crippen MR) is 163 cm³/mol. The lowest BCUT2D eigenvalue weighted by atomic mass is 9.88. The van der Waals surface area contributed by atoms with E-state index in [4.69, 9.17) is 5.11 Å². The van der Waals surface area contributed by atoms with Gasteiger partial charge in [0.2, 0.25) is 10.0 Å². The summed E-state index contributed by atoms with van der Waals surface area (Å²) in [5, 5.41) is 22.9. The average molecular weight is 633 g/mol. The van der Waals surface area contributed by atoms with Gasteiger partial charge in [0, 0.05) is 32.1 Å². The number of carbonyl (C=O) groups is 1. The van der Waals surface area contributed by atoms with Crippen LogP contribution in [0.25, 0.3) is 11.1 Å². The molecule has 0 saturated carbocycles. The Morgan fingerprint density at radius 3 is 2.18 bits per heavy atom. The first kappa shape index (κ1) is 33.6. The van der Waals surface area contributed by atoms with E-state index < -0.39 is 38.7 Å². The minimum Gasteiger partial charge on any atom is -0.481 e. The molecule has 7 nitrogen and oxygen atoms in total. The molecular formula is C33H39F3N2O5S. The van der Waals surface area contributed by atoms with Crippen molar-refractivity contribution in [3.05, 3.63) is 89.0 Å². The number of carboxylic acid groups (broad SMARTS) is 1. The highest BCUT2D eigenvalue weighted by molar-refractivity contribution is 7.89. The topological polar surface area (TPSA) is 107 Å². The molecule has 238 valence electrons. The van der Waals surface area contributed by atoms with E-state index in [2.05, 4.69) is 17.4 Å². The molecule has 44 heavy (non-hydrogen) atoms. The van der Waals surface area contributed by atoms with E-state index in [9.17, 15) is 31.5 Å². The Morgan fingerprint density at radius 1 is 1.00 bits per heavy atom. The number of aryl methyl sites for hydroxylation is 1. The van der Waals surface area contributed by atoms with Crippen molar-refractivity contribution in [2.45, 2.75) is 68.7 Å². The number of sulfonamides is 1. The van der Waals surface area contributed by atoms with Gasteiger partial charge in [-0.3, -0.25) is 4.79 Å². The van der Waals surface area contributed by atoms with Crippen LogP contribution in [-0.4, -0.2) is 60.7 Å². The first-order chi connectivity index (χ1) is 20.5. The summed E-state index contributed by atoms with van der Waals surface area (Å²) >= 11 is 0. The molecule has 0 radical (unpaired) electrons. The third-order valence-electron chi connectivity index (χ3n) is 8.08. The number of hydrogen-bond acceptors (Lipinski definition) is 5. The van der Waals surface area contributed by atoms with E-state index in [1.165, 1.54) is 36.4 Å². The molecule has 3 aromatic carbocycles. The molecular weight excluding hydrogens is 593 g/mol. The van der Waals surface area contributed by atoms with Gasteiger partial charge in [0.15, 0.2) is 0 Å². The molecule has 11 heteroatoms. The van der Waals surface area contributed by atoms with Gasteiger partial charge in [-0.1, -0.05) is 48.5 Å². The van der Waals surface area contributed by atoms with E-state index in [0.717, 1.165) is 29.6 Å². The van der Waals surface area contributed by atoms with Gasteiger partial charge in [-0.05, 0) is 91.5 Å². The SMILES string of the molecule is CN(C[C@H](O)CNC(C)(C)CC1Cc2ccccc2C1)S(=O)(=O)c1cc(-c2ccc(CCC(=O)O)cc2)cc(C(F)(F)F)c1. The van der Waals surface area contributed by atoms with Crippen LogP contribution in [0.5, 0.6) is 0 Å². The van der Waals surface area contributed by atoms with Crippen molar-refractivity contribution in [2.75, 3.05) is 20.1 Å². The number of alkyl halides is 3. The summed E-state index contributed by atoms with van der Waals surface area (Å²) in [5.41, 5.74) is 2.35. The maximum absolute atomic E-state index is 13.8. The van der Waals surface area contributed by atoms with Gasteiger partial charge in [0.1, 0.15) is 0 Å². The molecule has 3 N–H and O–H groups in total. The number of benzene rings is 3. The van der Waals surface area contributed by atoms with E-state index in [-0.39, 0.29) is 37.0 Å². The van der Waals surface area contributed by atoms with E-state index >= 15 is 0 Å². The third kappa shape index (κ3) is 8.68. The van der Waals surface area contributed by atoms with Gasteiger partial charge in [0.05, 0.1) is 16.6 Å². The van der Waals surface area contributed by atoms with Crippen molar-refractivity contribution in [3.8, 4) is 11.1 Å². The van der Waals surface area contributed by atoms with E-state index in [0.29, 0.717) is 23.1 Å². The number of rotatable bonds is 13. The van der Waals surface area contributed by atoms with Crippen LogP contribution in [0.2, 0.25) is 0 Å². The molecule has 0 bridgehead atoms. The fourth-order valence-electron chi connectivity index (χ4n) is 5.82. The monoisotopic (exact) mass is 632 g/mol. The van der Waals surface area contributed by atoms with Crippen LogP contribution in [0.15, 0.2) is 71.6 Å². The van der Waals surface area contributed by atoms with Crippen LogP contribution in [0.1, 0.15) is 48.9 Å². The highest BCUT2D eigenvalue weighted by atomic mass is 32.2. The molecule has 1 aliphatic rings. The Balaban J connectivity index is 1.43. The molecule has 0 fully saturated rings. The summed E-state index contributed by atoms with van der Waals surface area (Å²) < 4.78 is 69.2. The zero-order chi connectivity index (χ0) is 32.3. The van der Waals surface area contributed by atoms with Gasteiger partial charge in [-0.2, -0.15) is 17.5 Å². The second kappa shape index (κ2) is 13.4. The molecule has 0 aromatic heterocycles. The number of β-amino-alcohol motifs (C(OH)–C–C–N with tert-alkyl or cyclic N) is 1. The molecule has 0 amide bonds. The zero-order valence-electron chi connectivity index (χ0n) is 25.1. The van der Waals surface area contributed by atoms with Crippen molar-refractivity contribution in [1.29, 1.82) is 0 Å². The minimum atomic E-state index is -4.80. The number of aliphatic hydroxyl groups is 1. The van der Waals surface area contributed by atoms with Gasteiger partial charge in [0.25, 0.3) is 0 Å². The van der Waals surface area contributed by atoms with Crippen LogP contribution in [0.3, 0.4) is 0 Å². The second-order valence-electron chi connectivity index (χ2n) is 12.3. The van der Waals surface area contributed by atoms with Crippen LogP contribution in [-0.2, 0) is 40.3 Å². The molecule has 0 aliphatic heterocycles. The van der Waals surface area contributed by atoms with Crippen LogP contribution < -0.4 is 5.32 Å². The fraction of sp³-hybridized carbons (Fsp3) is 0.424. The quantitative estimate of drug-likeness (QED) is 0.228. The van der Waals surface area contributed by atoms with Gasteiger partial charge >= 0.3 is 12.1 Å². The maximum atomic E-state index is 13.8. The number of likely N-dealkylation sites (N-methyl/N-ethyl adjacent to an activating group) is 1. The maximum Gasteiger partial charge on any atom is 0.416 e. The largest absolute Gasteiger partial charge is 0.481 e. The highest BCUT2D eigenvalue weighted by Gasteiger charge is 2.34. The van der Waals surface area contributed by atoms with Gasteiger partial charge < -0.3 is 15.5 Å². The number of aliphatic carboxylic acids is 1. The highest BCUT2D eigenvalue weighted by Crippen LogP contribution is 2.36. The number of nitrogens with one attached hydrogen (secondary N) is 1. The normalized spacial score (nSPS) is 15.0. The van der Waals surface area contributed by atoms with Crippen molar-refractivity contribution >= 4 is 16.0 Å². The number of fused-ring (bicyclic) bond motifs is 1. The molecule has 0 heterocycles. The molecule has 0 saturated heterocycles. The summed E-state index contributed by atoms with van der Waals surface area (Å²) in [6, 6.07) is 17.3. The summed E-state index contributed by atoms with van der Waals surface area (Å²) in [6.07, 6.45) is -2.90. The average Bonchev–Trinajstić information content (AvgIpc) is 3.36. The lowest BCUT2D eigenvalue weighted by Gasteiger charge is -2.31. The predicted octanol–water partition coefficient (Wildman–Crippen LogP) is 5.54. The van der Waals surface area contributed by atoms with Crippen LogP contribution in [0.4, 0.5) is 13.2 Å². The van der Waals surface area contributed by atoms with Crippen molar-refractivity contribution in [2.24, 2.45) is 5.92 Å². The summed E-state index contributed by atoms with van der Waals surface area (Å²) in [5.74, 6) is -0.517. The third-order valence-corrected chi connectivity index (χ3v) is 9.88. The Labute approximate surface area is 256 Å². The fourth-order valence-corrected chi connectivity index (χ4v) is 7.10. The number of nitrogens with zero attached hydrogens (tertiary/aromatic N) is 1. The first-order valence-electron chi connectivity index (χ1n) is 14.5. The Morgan fingerprint density at radius 2 is 1.61 bits per heavy atom.